The molecule has 3 aliphatic rings. The maximum absolute atomic E-state index is 14.8. The zero-order valence-electron chi connectivity index (χ0n) is 20.5. The van der Waals surface area contributed by atoms with Gasteiger partial charge in [-0.25, -0.2) is 4.39 Å². The maximum Gasteiger partial charge on any atom is 0.165 e. The van der Waals surface area contributed by atoms with Crippen molar-refractivity contribution in [3.05, 3.63) is 59.4 Å². The quantitative estimate of drug-likeness (QED) is 0.591. The van der Waals surface area contributed by atoms with Gasteiger partial charge < -0.3 is 25.0 Å². The Bertz CT molecular complexity index is 1120. The predicted octanol–water partition coefficient (Wildman–Crippen LogP) is 3.00. The summed E-state index contributed by atoms with van der Waals surface area (Å²) in [6.07, 6.45) is 2.15. The van der Waals surface area contributed by atoms with Gasteiger partial charge in [-0.3, -0.25) is 9.69 Å². The average Bonchev–Trinajstić information content (AvgIpc) is 3.28. The molecule has 0 aromatic heterocycles. The van der Waals surface area contributed by atoms with E-state index >= 15 is 0 Å². The van der Waals surface area contributed by atoms with E-state index in [2.05, 4.69) is 38.6 Å². The number of nitrogens with one attached hydrogen (secondary N) is 2. The van der Waals surface area contributed by atoms with Crippen LogP contribution in [0.5, 0.6) is 11.5 Å². The van der Waals surface area contributed by atoms with E-state index in [0.717, 1.165) is 47.9 Å². The Kier molecular flexibility index (Phi) is 6.67. The topological polar surface area (TPSA) is 66.1 Å². The Hall–Kier alpha value is -3.10. The molecule has 2 aromatic carbocycles. The molecule has 0 bridgehead atoms. The van der Waals surface area contributed by atoms with Gasteiger partial charge in [0.25, 0.3) is 0 Å². The molecule has 0 aliphatic carbocycles. The van der Waals surface area contributed by atoms with E-state index in [1.54, 1.807) is 6.07 Å². The molecule has 0 spiro atoms. The summed E-state index contributed by atoms with van der Waals surface area (Å²) in [5.41, 5.74) is 3.65. The standard InChI is InChI=1S/C27H33FN4O3/c1-29-8-9-35-19-6-4-17(5-7-19)23-11-25(20-10-22(28)27(34-3)12-24(20)30-23)32-14-18-13-31(2)16-26(33)21(18)15-32/h4-7,10-12,18,21,23,29-30H,8-9,13-16H2,1-3H3. The number of hydrogen-bond acceptors (Lipinski definition) is 7. The molecular weight excluding hydrogens is 447 g/mol. The summed E-state index contributed by atoms with van der Waals surface area (Å²) in [5, 5.41) is 6.61. The summed E-state index contributed by atoms with van der Waals surface area (Å²) >= 11 is 0. The van der Waals surface area contributed by atoms with Crippen LogP contribution in [0.3, 0.4) is 0 Å². The molecule has 2 saturated heterocycles. The third-order valence-corrected chi connectivity index (χ3v) is 7.23. The number of ketones is 1. The van der Waals surface area contributed by atoms with Crippen LogP contribution in [-0.4, -0.2) is 76.1 Å². The van der Waals surface area contributed by atoms with Gasteiger partial charge in [0.1, 0.15) is 12.4 Å². The number of halogens is 1. The van der Waals surface area contributed by atoms with Gasteiger partial charge in [0, 0.05) is 61.0 Å². The Morgan fingerprint density at radius 2 is 1.97 bits per heavy atom. The van der Waals surface area contributed by atoms with Crippen molar-refractivity contribution in [1.29, 1.82) is 0 Å². The highest BCUT2D eigenvalue weighted by Gasteiger charge is 2.42. The number of hydrogen-bond donors (Lipinski definition) is 2. The highest BCUT2D eigenvalue weighted by atomic mass is 19.1. The number of methoxy groups -OCH3 is 1. The van der Waals surface area contributed by atoms with E-state index < -0.39 is 5.82 Å². The van der Waals surface area contributed by atoms with E-state index in [1.807, 2.05) is 26.2 Å². The molecule has 7 nitrogen and oxygen atoms in total. The lowest BCUT2D eigenvalue weighted by Gasteiger charge is -2.32. The van der Waals surface area contributed by atoms with Crippen LogP contribution in [0.2, 0.25) is 0 Å². The molecule has 0 saturated carbocycles. The molecule has 0 amide bonds. The van der Waals surface area contributed by atoms with Gasteiger partial charge in [0.15, 0.2) is 17.3 Å². The number of piperidine rings is 1. The Morgan fingerprint density at radius 1 is 1.17 bits per heavy atom. The predicted molar refractivity (Wildman–Crippen MR) is 134 cm³/mol. The minimum absolute atomic E-state index is 0.0287. The van der Waals surface area contributed by atoms with Crippen molar-refractivity contribution in [2.45, 2.75) is 6.04 Å². The van der Waals surface area contributed by atoms with Crippen LogP contribution in [0.1, 0.15) is 17.2 Å². The number of likely N-dealkylation sites (tertiary alicyclic amines) is 2. The lowest BCUT2D eigenvalue weighted by Crippen LogP contribution is -2.44. The smallest absolute Gasteiger partial charge is 0.165 e. The van der Waals surface area contributed by atoms with Crippen molar-refractivity contribution in [2.24, 2.45) is 11.8 Å². The zero-order chi connectivity index (χ0) is 24.5. The molecule has 5 rings (SSSR count). The highest BCUT2D eigenvalue weighted by Crippen LogP contribution is 2.43. The first-order valence-electron chi connectivity index (χ1n) is 12.2. The molecule has 2 fully saturated rings. The van der Waals surface area contributed by atoms with Gasteiger partial charge in [0.2, 0.25) is 0 Å². The van der Waals surface area contributed by atoms with Gasteiger partial charge in [-0.2, -0.15) is 0 Å². The van der Waals surface area contributed by atoms with Crippen LogP contribution in [0, 0.1) is 17.7 Å². The highest BCUT2D eigenvalue weighted by molar-refractivity contribution is 5.86. The van der Waals surface area contributed by atoms with Crippen molar-refractivity contribution < 1.29 is 18.7 Å². The number of carbonyl (C=O) groups excluding carboxylic acids is 1. The summed E-state index contributed by atoms with van der Waals surface area (Å²) in [7, 11) is 5.37. The molecule has 2 aromatic rings. The van der Waals surface area contributed by atoms with Gasteiger partial charge in [-0.05, 0) is 43.9 Å². The van der Waals surface area contributed by atoms with E-state index in [1.165, 1.54) is 13.2 Å². The lowest BCUT2D eigenvalue weighted by molar-refractivity contribution is -0.127. The molecule has 0 radical (unpaired) electrons. The van der Waals surface area contributed by atoms with Crippen molar-refractivity contribution >= 4 is 17.2 Å². The number of rotatable bonds is 7. The number of ether oxygens (including phenoxy) is 2. The third-order valence-electron chi connectivity index (χ3n) is 7.23. The first-order chi connectivity index (χ1) is 17.0. The number of anilines is 1. The molecular formula is C27H33FN4O3. The summed E-state index contributed by atoms with van der Waals surface area (Å²) < 4.78 is 25.8. The normalized spacial score (nSPS) is 23.9. The van der Waals surface area contributed by atoms with E-state index in [4.69, 9.17) is 9.47 Å². The fourth-order valence-corrected chi connectivity index (χ4v) is 5.46. The molecule has 3 heterocycles. The summed E-state index contributed by atoms with van der Waals surface area (Å²) in [6.45, 7) is 4.24. The number of Topliss-reactive ketones (excluding diaryl/α,β-unsaturated/α-hetero) is 1. The number of likely N-dealkylation sites (N-methyl/N-ethyl adjacent to an activating group) is 2. The average molecular weight is 481 g/mol. The molecule has 3 aliphatic heterocycles. The first-order valence-corrected chi connectivity index (χ1v) is 12.2. The third kappa shape index (κ3) is 4.73. The zero-order valence-corrected chi connectivity index (χ0v) is 20.5. The lowest BCUT2D eigenvalue weighted by atomic mass is 9.88. The minimum atomic E-state index is -0.395. The summed E-state index contributed by atoms with van der Waals surface area (Å²) in [5.74, 6) is 1.24. The van der Waals surface area contributed by atoms with Crippen LogP contribution >= 0.6 is 0 Å². The first kappa shape index (κ1) is 23.6. The van der Waals surface area contributed by atoms with Crippen molar-refractivity contribution in [2.75, 3.05) is 65.9 Å². The number of nitrogens with zero attached hydrogens (tertiary/aromatic N) is 2. The van der Waals surface area contributed by atoms with Crippen LogP contribution in [0.4, 0.5) is 10.1 Å². The van der Waals surface area contributed by atoms with Crippen LogP contribution in [0.15, 0.2) is 42.5 Å². The van der Waals surface area contributed by atoms with Gasteiger partial charge in [-0.15, -0.1) is 0 Å². The summed E-state index contributed by atoms with van der Waals surface area (Å²) in [4.78, 5) is 17.1. The Balaban J connectivity index is 1.46. The summed E-state index contributed by atoms with van der Waals surface area (Å²) in [6, 6.07) is 11.2. The SMILES string of the molecule is CNCCOc1ccc(C2C=C(N3CC4CN(C)CC(=O)C4C3)c3cc(F)c(OC)cc3N2)cc1. The van der Waals surface area contributed by atoms with Crippen LogP contribution < -0.4 is 20.1 Å². The van der Waals surface area contributed by atoms with Gasteiger partial charge in [0.05, 0.1) is 19.7 Å². The van der Waals surface area contributed by atoms with E-state index in [-0.39, 0.29) is 23.6 Å². The molecule has 35 heavy (non-hydrogen) atoms. The largest absolute Gasteiger partial charge is 0.494 e. The van der Waals surface area contributed by atoms with Crippen LogP contribution in [-0.2, 0) is 4.79 Å². The fraction of sp³-hybridized carbons (Fsp3) is 0.444. The second-order valence-corrected chi connectivity index (χ2v) is 9.66. The second-order valence-electron chi connectivity index (χ2n) is 9.66. The van der Waals surface area contributed by atoms with E-state index in [0.29, 0.717) is 25.5 Å². The molecule has 3 unspecified atom stereocenters. The number of carbonyl (C=O) groups is 1. The van der Waals surface area contributed by atoms with Crippen molar-refractivity contribution in [1.82, 2.24) is 15.1 Å². The van der Waals surface area contributed by atoms with Gasteiger partial charge >= 0.3 is 0 Å². The van der Waals surface area contributed by atoms with E-state index in [9.17, 15) is 9.18 Å². The second kappa shape index (κ2) is 9.87. The Labute approximate surface area is 205 Å². The molecule has 186 valence electrons. The van der Waals surface area contributed by atoms with Crippen LogP contribution in [0.25, 0.3) is 5.70 Å². The maximum atomic E-state index is 14.8. The van der Waals surface area contributed by atoms with Gasteiger partial charge in [-0.1, -0.05) is 12.1 Å². The van der Waals surface area contributed by atoms with Crippen molar-refractivity contribution in [3.8, 4) is 11.5 Å². The molecule has 8 heteroatoms. The Morgan fingerprint density at radius 3 is 2.71 bits per heavy atom. The monoisotopic (exact) mass is 480 g/mol. The molecule has 3 atom stereocenters. The number of benzene rings is 2. The number of fused-ring (bicyclic) bond motifs is 2. The molecule has 2 N–H and O–H groups in total. The minimum Gasteiger partial charge on any atom is -0.494 e. The van der Waals surface area contributed by atoms with Crippen molar-refractivity contribution in [3.63, 3.8) is 0 Å². The fourth-order valence-electron chi connectivity index (χ4n) is 5.46.